The molecule has 1 amide bonds. The molecule has 0 radical (unpaired) electrons. The number of methoxy groups -OCH3 is 1. The third-order valence-electron chi connectivity index (χ3n) is 5.90. The Bertz CT molecular complexity index is 1330. The van der Waals surface area contributed by atoms with Crippen LogP contribution in [0.1, 0.15) is 43.2 Å². The maximum Gasteiger partial charge on any atom is 0.304 e. The van der Waals surface area contributed by atoms with Gasteiger partial charge in [-0.3, -0.25) is 14.7 Å². The first-order valence-electron chi connectivity index (χ1n) is 11.1. The van der Waals surface area contributed by atoms with Crippen molar-refractivity contribution in [3.05, 3.63) is 77.9 Å². The number of carboxylic acids is 1. The maximum absolute atomic E-state index is 13.0. The largest absolute Gasteiger partial charge is 0.496 e. The monoisotopic (exact) mass is 457 g/mol. The highest BCUT2D eigenvalue weighted by Gasteiger charge is 2.25. The second-order valence-electron chi connectivity index (χ2n) is 8.50. The second-order valence-corrected chi connectivity index (χ2v) is 8.50. The molecule has 1 unspecified atom stereocenters. The van der Waals surface area contributed by atoms with Crippen LogP contribution >= 0.6 is 0 Å². The molecule has 0 bridgehead atoms. The first kappa shape index (κ1) is 23.0. The molecular weight excluding hydrogens is 430 g/mol. The number of aliphatic carboxylic acids is 1. The third kappa shape index (κ3) is 4.78. The summed E-state index contributed by atoms with van der Waals surface area (Å²) in [4.78, 5) is 24.4. The number of nitrogens with one attached hydrogen (secondary N) is 2. The number of carboxylic acid groups (broad SMARTS) is 1. The fraction of sp³-hybridized carbons (Fsp3) is 0.222. The van der Waals surface area contributed by atoms with E-state index in [1.54, 1.807) is 31.4 Å². The molecule has 1 heterocycles. The van der Waals surface area contributed by atoms with Crippen LogP contribution < -0.4 is 10.1 Å². The molecule has 4 rings (SSSR count). The fourth-order valence-corrected chi connectivity index (χ4v) is 4.02. The molecule has 174 valence electrons. The molecule has 0 aliphatic carbocycles. The molecule has 0 saturated carbocycles. The van der Waals surface area contributed by atoms with E-state index in [2.05, 4.69) is 41.5 Å². The van der Waals surface area contributed by atoms with E-state index < -0.39 is 17.8 Å². The molecule has 1 aromatic heterocycles. The van der Waals surface area contributed by atoms with Crippen molar-refractivity contribution in [2.24, 2.45) is 0 Å². The molecule has 34 heavy (non-hydrogen) atoms. The minimum atomic E-state index is -1.04. The zero-order valence-electron chi connectivity index (χ0n) is 19.3. The van der Waals surface area contributed by atoms with E-state index in [-0.39, 0.29) is 6.42 Å². The normalized spacial score (nSPS) is 12.0. The van der Waals surface area contributed by atoms with Crippen LogP contribution in [0.25, 0.3) is 22.0 Å². The molecule has 0 spiro atoms. The lowest BCUT2D eigenvalue weighted by molar-refractivity contribution is -0.139. The van der Waals surface area contributed by atoms with Gasteiger partial charge in [0, 0.05) is 10.9 Å². The number of benzene rings is 3. The van der Waals surface area contributed by atoms with E-state index in [1.807, 2.05) is 30.3 Å². The molecule has 7 nitrogen and oxygen atoms in total. The van der Waals surface area contributed by atoms with Gasteiger partial charge in [0.05, 0.1) is 25.0 Å². The Kier molecular flexibility index (Phi) is 6.63. The van der Waals surface area contributed by atoms with Crippen LogP contribution in [0.3, 0.4) is 0 Å². The summed E-state index contributed by atoms with van der Waals surface area (Å²) in [5.41, 5.74) is 4.53. The molecule has 7 heteroatoms. The molecule has 0 fully saturated rings. The lowest BCUT2D eigenvalue weighted by Crippen LogP contribution is -2.23. The van der Waals surface area contributed by atoms with E-state index in [9.17, 15) is 14.7 Å². The van der Waals surface area contributed by atoms with E-state index in [0.29, 0.717) is 17.3 Å². The number of anilines is 1. The zero-order chi connectivity index (χ0) is 24.2. The van der Waals surface area contributed by atoms with Crippen LogP contribution in [0.15, 0.2) is 66.7 Å². The van der Waals surface area contributed by atoms with Crippen molar-refractivity contribution in [1.29, 1.82) is 0 Å². The van der Waals surface area contributed by atoms with Gasteiger partial charge in [-0.2, -0.15) is 5.10 Å². The minimum absolute atomic E-state index is 0.311. The highest BCUT2D eigenvalue weighted by molar-refractivity contribution is 6.04. The number of rotatable bonds is 8. The number of H-pyrrole nitrogens is 1. The Morgan fingerprint density at radius 2 is 1.79 bits per heavy atom. The summed E-state index contributed by atoms with van der Waals surface area (Å²) in [6.45, 7) is 4.29. The molecule has 1 atom stereocenters. The standard InChI is InChI=1S/C27H27N3O4/c1-16(2)18-10-12-24(34-3)21(13-18)19-9-11-20-23(14-19)29-30-26(20)28-27(33)22(15-25(31)32)17-7-5-4-6-8-17/h4-14,16,22H,15H2,1-3H3,(H,31,32)(H2,28,29,30,33). The number of fused-ring (bicyclic) bond motifs is 1. The first-order valence-corrected chi connectivity index (χ1v) is 11.1. The Morgan fingerprint density at radius 3 is 2.47 bits per heavy atom. The van der Waals surface area contributed by atoms with E-state index in [4.69, 9.17) is 4.74 Å². The molecule has 3 N–H and O–H groups in total. The highest BCUT2D eigenvalue weighted by atomic mass is 16.5. The molecule has 0 aliphatic rings. The van der Waals surface area contributed by atoms with Crippen LogP contribution in [0.5, 0.6) is 5.75 Å². The van der Waals surface area contributed by atoms with E-state index in [1.165, 1.54) is 5.56 Å². The van der Waals surface area contributed by atoms with Gasteiger partial charge in [0.15, 0.2) is 5.82 Å². The van der Waals surface area contributed by atoms with Gasteiger partial charge in [-0.1, -0.05) is 56.3 Å². The topological polar surface area (TPSA) is 104 Å². The summed E-state index contributed by atoms with van der Waals surface area (Å²) in [5.74, 6) is -0.772. The van der Waals surface area contributed by atoms with Crippen LogP contribution in [0, 0.1) is 0 Å². The number of ether oxygens (including phenoxy) is 1. The molecule has 0 saturated heterocycles. The van der Waals surface area contributed by atoms with Crippen molar-refractivity contribution < 1.29 is 19.4 Å². The van der Waals surface area contributed by atoms with Crippen molar-refractivity contribution in [2.75, 3.05) is 12.4 Å². The lowest BCUT2D eigenvalue weighted by Gasteiger charge is -2.15. The average molecular weight is 458 g/mol. The summed E-state index contributed by atoms with van der Waals surface area (Å²) in [7, 11) is 1.65. The molecule has 4 aromatic rings. The van der Waals surface area contributed by atoms with Crippen LogP contribution in [0.4, 0.5) is 5.82 Å². The van der Waals surface area contributed by atoms with Gasteiger partial charge < -0.3 is 15.2 Å². The van der Waals surface area contributed by atoms with Crippen molar-refractivity contribution >= 4 is 28.6 Å². The van der Waals surface area contributed by atoms with Crippen molar-refractivity contribution in [2.45, 2.75) is 32.1 Å². The summed E-state index contributed by atoms with van der Waals surface area (Å²) < 4.78 is 5.57. The summed E-state index contributed by atoms with van der Waals surface area (Å²) in [6.07, 6.45) is -0.311. The first-order chi connectivity index (χ1) is 16.4. The predicted molar refractivity (Wildman–Crippen MR) is 132 cm³/mol. The van der Waals surface area contributed by atoms with Crippen molar-refractivity contribution in [3.8, 4) is 16.9 Å². The Morgan fingerprint density at radius 1 is 1.03 bits per heavy atom. The zero-order valence-corrected chi connectivity index (χ0v) is 19.3. The summed E-state index contributed by atoms with van der Waals surface area (Å²) in [5, 5.41) is 20.1. The SMILES string of the molecule is COc1ccc(C(C)C)cc1-c1ccc2c(NC(=O)C(CC(=O)O)c3ccccc3)n[nH]c2c1. The highest BCUT2D eigenvalue weighted by Crippen LogP contribution is 2.35. The second kappa shape index (κ2) is 9.79. The Labute approximate surface area is 197 Å². The maximum atomic E-state index is 13.0. The predicted octanol–water partition coefficient (Wildman–Crippen LogP) is 5.56. The number of nitrogens with zero attached hydrogens (tertiary/aromatic N) is 1. The number of carbonyl (C=O) groups is 2. The lowest BCUT2D eigenvalue weighted by atomic mass is 9.94. The van der Waals surface area contributed by atoms with E-state index in [0.717, 1.165) is 27.8 Å². The quantitative estimate of drug-likeness (QED) is 0.321. The molecule has 3 aromatic carbocycles. The Balaban J connectivity index is 1.65. The molecular formula is C27H27N3O4. The van der Waals surface area contributed by atoms with Gasteiger partial charge in [0.1, 0.15) is 5.75 Å². The Hall–Kier alpha value is -4.13. The van der Waals surface area contributed by atoms with Gasteiger partial charge in [-0.15, -0.1) is 0 Å². The van der Waals surface area contributed by atoms with Crippen molar-refractivity contribution in [1.82, 2.24) is 10.2 Å². The number of hydrogen-bond donors (Lipinski definition) is 3. The number of amides is 1. The number of carbonyl (C=O) groups excluding carboxylic acids is 1. The number of aromatic amines is 1. The number of aromatic nitrogens is 2. The van der Waals surface area contributed by atoms with Gasteiger partial charge >= 0.3 is 5.97 Å². The summed E-state index contributed by atoms with van der Waals surface area (Å²) >= 11 is 0. The fourth-order valence-electron chi connectivity index (χ4n) is 4.02. The van der Waals surface area contributed by atoms with Crippen LogP contribution in [-0.4, -0.2) is 34.3 Å². The van der Waals surface area contributed by atoms with Crippen LogP contribution in [-0.2, 0) is 9.59 Å². The van der Waals surface area contributed by atoms with Crippen LogP contribution in [0.2, 0.25) is 0 Å². The van der Waals surface area contributed by atoms with Crippen molar-refractivity contribution in [3.63, 3.8) is 0 Å². The third-order valence-corrected chi connectivity index (χ3v) is 5.90. The van der Waals surface area contributed by atoms with Gasteiger partial charge in [0.2, 0.25) is 5.91 Å². The smallest absolute Gasteiger partial charge is 0.304 e. The van der Waals surface area contributed by atoms with Gasteiger partial charge in [0.25, 0.3) is 0 Å². The van der Waals surface area contributed by atoms with E-state index >= 15 is 0 Å². The van der Waals surface area contributed by atoms with Gasteiger partial charge in [-0.05, 0) is 46.9 Å². The van der Waals surface area contributed by atoms with Gasteiger partial charge in [-0.25, -0.2) is 0 Å². The summed E-state index contributed by atoms with van der Waals surface area (Å²) in [6, 6.07) is 20.9. The minimum Gasteiger partial charge on any atom is -0.496 e. The average Bonchev–Trinajstić information content (AvgIpc) is 3.24. The molecule has 0 aliphatic heterocycles. The number of hydrogen-bond acceptors (Lipinski definition) is 4.